The lowest BCUT2D eigenvalue weighted by atomic mass is 10.1. The minimum atomic E-state index is -1.34. The first-order chi connectivity index (χ1) is 8.45. The molecule has 0 unspecified atom stereocenters. The molecule has 4 atom stereocenters. The van der Waals surface area contributed by atoms with E-state index >= 15 is 0 Å². The van der Waals surface area contributed by atoms with Crippen molar-refractivity contribution < 1.29 is 19.7 Å². The van der Waals surface area contributed by atoms with Crippen LogP contribution in [0.1, 0.15) is 5.37 Å². The summed E-state index contributed by atoms with van der Waals surface area (Å²) in [6, 6.07) is 0. The van der Waals surface area contributed by atoms with Crippen molar-refractivity contribution in [3.05, 3.63) is 32.9 Å². The van der Waals surface area contributed by atoms with Gasteiger partial charge in [0.25, 0.3) is 5.56 Å². The zero-order valence-corrected chi connectivity index (χ0v) is 9.80. The first kappa shape index (κ1) is 13.3. The van der Waals surface area contributed by atoms with Crippen molar-refractivity contribution in [3.63, 3.8) is 0 Å². The molecule has 2 heterocycles. The van der Waals surface area contributed by atoms with Crippen LogP contribution in [0.4, 0.5) is 4.39 Å². The second-order valence-electron chi connectivity index (χ2n) is 3.87. The largest absolute Gasteiger partial charge is 0.395 e. The molecule has 0 amide bonds. The summed E-state index contributed by atoms with van der Waals surface area (Å²) in [5.74, 6) is -1.16. The summed E-state index contributed by atoms with van der Waals surface area (Å²) in [6.45, 7) is -0.389. The third kappa shape index (κ3) is 2.09. The number of nitrogens with zero attached hydrogens (tertiary/aromatic N) is 1. The number of rotatable bonds is 2. The highest BCUT2D eigenvalue weighted by molar-refractivity contribution is 8.00. The third-order valence-electron chi connectivity index (χ3n) is 2.72. The van der Waals surface area contributed by atoms with Gasteiger partial charge in [0.2, 0.25) is 5.82 Å². The molecule has 1 aromatic rings. The van der Waals surface area contributed by atoms with Gasteiger partial charge in [-0.25, -0.2) is 4.79 Å². The normalized spacial score (nSPS) is 31.8. The Morgan fingerprint density at radius 2 is 2.06 bits per heavy atom. The van der Waals surface area contributed by atoms with E-state index in [0.29, 0.717) is 6.20 Å². The molecule has 0 aromatic carbocycles. The molecule has 0 bridgehead atoms. The van der Waals surface area contributed by atoms with Crippen LogP contribution < -0.4 is 11.2 Å². The van der Waals surface area contributed by atoms with Gasteiger partial charge in [0.15, 0.2) is 0 Å². The number of halogens is 1. The monoisotopic (exact) mass is 278 g/mol. The van der Waals surface area contributed by atoms with Crippen LogP contribution in [0.25, 0.3) is 0 Å². The highest BCUT2D eigenvalue weighted by Gasteiger charge is 2.43. The highest BCUT2D eigenvalue weighted by atomic mass is 32.2. The predicted molar refractivity (Wildman–Crippen MR) is 60.8 cm³/mol. The minimum absolute atomic E-state index is 0.389. The lowest BCUT2D eigenvalue weighted by molar-refractivity contribution is 0.00997. The Kier molecular flexibility index (Phi) is 3.57. The van der Waals surface area contributed by atoms with E-state index in [0.717, 1.165) is 16.3 Å². The number of thioether (sulfide) groups is 1. The average molecular weight is 278 g/mol. The lowest BCUT2D eigenvalue weighted by Gasteiger charge is -2.17. The van der Waals surface area contributed by atoms with Gasteiger partial charge in [0.1, 0.15) is 11.5 Å². The van der Waals surface area contributed by atoms with Gasteiger partial charge in [-0.1, -0.05) is 0 Å². The van der Waals surface area contributed by atoms with E-state index in [9.17, 15) is 24.2 Å². The number of H-pyrrole nitrogens is 1. The van der Waals surface area contributed by atoms with Crippen LogP contribution in [0.15, 0.2) is 15.8 Å². The Balaban J connectivity index is 2.42. The van der Waals surface area contributed by atoms with Crippen molar-refractivity contribution in [2.75, 3.05) is 6.61 Å². The van der Waals surface area contributed by atoms with Crippen LogP contribution in [0.2, 0.25) is 0 Å². The second kappa shape index (κ2) is 4.84. The van der Waals surface area contributed by atoms with Crippen molar-refractivity contribution in [2.45, 2.75) is 22.8 Å². The van der Waals surface area contributed by atoms with E-state index in [1.165, 1.54) is 0 Å². The van der Waals surface area contributed by atoms with Gasteiger partial charge in [-0.05, 0) is 0 Å². The summed E-state index contributed by atoms with van der Waals surface area (Å²) in [5.41, 5.74) is -2.03. The Labute approximate surface area is 104 Å². The van der Waals surface area contributed by atoms with Gasteiger partial charge < -0.3 is 15.3 Å². The van der Waals surface area contributed by atoms with E-state index in [2.05, 4.69) is 0 Å². The van der Waals surface area contributed by atoms with Crippen molar-refractivity contribution >= 4 is 11.8 Å². The molecule has 18 heavy (non-hydrogen) atoms. The summed E-state index contributed by atoms with van der Waals surface area (Å²) >= 11 is 0.933. The number of aliphatic hydroxyl groups excluding tert-OH is 3. The molecule has 4 N–H and O–H groups in total. The summed E-state index contributed by atoms with van der Waals surface area (Å²) in [6.07, 6.45) is -1.89. The fraction of sp³-hybridized carbons (Fsp3) is 0.556. The van der Waals surface area contributed by atoms with E-state index in [1.807, 2.05) is 0 Å². The van der Waals surface area contributed by atoms with Crippen LogP contribution in [0.3, 0.4) is 0 Å². The van der Waals surface area contributed by atoms with Crippen molar-refractivity contribution in [3.8, 4) is 0 Å². The van der Waals surface area contributed by atoms with E-state index in [-0.39, 0.29) is 6.61 Å². The molecule has 2 rings (SSSR count). The van der Waals surface area contributed by atoms with E-state index in [4.69, 9.17) is 5.11 Å². The Morgan fingerprint density at radius 3 is 2.61 bits per heavy atom. The average Bonchev–Trinajstić information content (AvgIpc) is 2.61. The van der Waals surface area contributed by atoms with Crippen molar-refractivity contribution in [1.29, 1.82) is 0 Å². The number of hydrogen-bond acceptors (Lipinski definition) is 6. The van der Waals surface area contributed by atoms with Crippen LogP contribution in [0, 0.1) is 5.82 Å². The van der Waals surface area contributed by atoms with Gasteiger partial charge in [0, 0.05) is 0 Å². The second-order valence-corrected chi connectivity index (χ2v) is 5.23. The molecule has 7 nitrogen and oxygen atoms in total. The number of hydrogen-bond donors (Lipinski definition) is 4. The van der Waals surface area contributed by atoms with E-state index < -0.39 is 39.9 Å². The quantitative estimate of drug-likeness (QED) is 0.497. The number of aromatic amines is 1. The number of aliphatic hydroxyl groups is 3. The molecule has 9 heteroatoms. The SMILES string of the molecule is O=c1[nH]c(=O)n([C@@H]2S[C@@H](CO)[C@H](O)[C@H]2O)cc1F. The smallest absolute Gasteiger partial charge is 0.329 e. The molecule has 0 aliphatic carbocycles. The molecule has 0 spiro atoms. The van der Waals surface area contributed by atoms with Gasteiger partial charge in [0.05, 0.1) is 24.2 Å². The lowest BCUT2D eigenvalue weighted by Crippen LogP contribution is -2.38. The predicted octanol–water partition coefficient (Wildman–Crippen LogP) is -2.00. The zero-order valence-electron chi connectivity index (χ0n) is 8.99. The number of nitrogens with one attached hydrogen (secondary N) is 1. The van der Waals surface area contributed by atoms with Crippen LogP contribution in [0.5, 0.6) is 0 Å². The van der Waals surface area contributed by atoms with Crippen molar-refractivity contribution in [2.24, 2.45) is 0 Å². The van der Waals surface area contributed by atoms with Gasteiger partial charge in [-0.3, -0.25) is 14.3 Å². The van der Waals surface area contributed by atoms with Crippen LogP contribution in [-0.2, 0) is 0 Å². The topological polar surface area (TPSA) is 116 Å². The molecule has 1 aliphatic heterocycles. The molecule has 1 saturated heterocycles. The van der Waals surface area contributed by atoms with Crippen molar-refractivity contribution in [1.82, 2.24) is 9.55 Å². The van der Waals surface area contributed by atoms with Crippen LogP contribution in [-0.4, -0.2) is 48.9 Å². The highest BCUT2D eigenvalue weighted by Crippen LogP contribution is 2.40. The Morgan fingerprint density at radius 1 is 1.39 bits per heavy atom. The summed E-state index contributed by atoms with van der Waals surface area (Å²) in [5, 5.41) is 26.7. The molecule has 100 valence electrons. The van der Waals surface area contributed by atoms with Gasteiger partial charge in [-0.2, -0.15) is 4.39 Å². The first-order valence-corrected chi connectivity index (χ1v) is 6.03. The molecule has 1 fully saturated rings. The first-order valence-electron chi connectivity index (χ1n) is 5.09. The van der Waals surface area contributed by atoms with E-state index in [1.54, 1.807) is 4.98 Å². The molecule has 0 saturated carbocycles. The fourth-order valence-corrected chi connectivity index (χ4v) is 3.14. The number of aromatic nitrogens is 2. The summed E-state index contributed by atoms with van der Waals surface area (Å²) < 4.78 is 13.9. The Bertz CT molecular complexity index is 559. The third-order valence-corrected chi connectivity index (χ3v) is 4.28. The summed E-state index contributed by atoms with van der Waals surface area (Å²) in [4.78, 5) is 24.1. The Hall–Kier alpha value is -1.16. The molecule has 1 aliphatic rings. The molecular formula is C9H11FN2O5S. The maximum atomic E-state index is 13.1. The molecule has 0 radical (unpaired) electrons. The minimum Gasteiger partial charge on any atom is -0.395 e. The van der Waals surface area contributed by atoms with Crippen LogP contribution >= 0.6 is 11.8 Å². The summed E-state index contributed by atoms with van der Waals surface area (Å²) in [7, 11) is 0. The standard InChI is InChI=1S/C9H11FN2O5S/c10-3-1-12(9(17)11-7(3)16)8-6(15)5(14)4(2-13)18-8/h1,4-6,8,13-15H,2H2,(H,11,16,17)/t4-,5-,6+,8+/m0/s1. The zero-order chi connectivity index (χ0) is 13.4. The maximum absolute atomic E-state index is 13.1. The van der Waals surface area contributed by atoms with Gasteiger partial charge >= 0.3 is 5.69 Å². The van der Waals surface area contributed by atoms with Gasteiger partial charge in [-0.15, -0.1) is 11.8 Å². The maximum Gasteiger partial charge on any atom is 0.329 e. The fourth-order valence-electron chi connectivity index (χ4n) is 1.76. The molecular weight excluding hydrogens is 267 g/mol. The molecule has 1 aromatic heterocycles.